The van der Waals surface area contributed by atoms with E-state index in [1.54, 1.807) is 14.2 Å². The van der Waals surface area contributed by atoms with E-state index in [-0.39, 0.29) is 12.5 Å². The van der Waals surface area contributed by atoms with Crippen LogP contribution in [0.25, 0.3) is 11.3 Å². The average molecular weight is 786 g/mol. The van der Waals surface area contributed by atoms with Crippen molar-refractivity contribution in [3.05, 3.63) is 107 Å². The highest BCUT2D eigenvalue weighted by Crippen LogP contribution is 2.40. The van der Waals surface area contributed by atoms with Crippen LogP contribution in [-0.2, 0) is 24.2 Å². The maximum Gasteiger partial charge on any atom is 0.253 e. The van der Waals surface area contributed by atoms with E-state index in [1.807, 2.05) is 59.8 Å². The second-order valence-electron chi connectivity index (χ2n) is 14.9. The van der Waals surface area contributed by atoms with Gasteiger partial charge < -0.3 is 38.9 Å². The summed E-state index contributed by atoms with van der Waals surface area (Å²) in [5.41, 5.74) is 7.60. The van der Waals surface area contributed by atoms with Gasteiger partial charge in [-0.15, -0.1) is 0 Å². The van der Waals surface area contributed by atoms with Gasteiger partial charge in [0.15, 0.2) is 0 Å². The van der Waals surface area contributed by atoms with E-state index in [1.165, 1.54) is 0 Å². The van der Waals surface area contributed by atoms with Crippen LogP contribution in [0.4, 0.5) is 23.4 Å². The maximum atomic E-state index is 13.5. The lowest BCUT2D eigenvalue weighted by atomic mass is 10.1. The van der Waals surface area contributed by atoms with Gasteiger partial charge in [0.1, 0.15) is 17.3 Å². The number of amides is 1. The van der Waals surface area contributed by atoms with E-state index >= 15 is 0 Å². The van der Waals surface area contributed by atoms with E-state index < -0.39 is 0 Å². The van der Waals surface area contributed by atoms with Crippen LogP contribution < -0.4 is 24.2 Å². The molecule has 3 aliphatic heterocycles. The smallest absolute Gasteiger partial charge is 0.253 e. The molecule has 0 aliphatic carbocycles. The number of carbonyl (C=O) groups is 1. The number of ether oxygens (including phenoxy) is 3. The second kappa shape index (κ2) is 17.8. The summed E-state index contributed by atoms with van der Waals surface area (Å²) in [6.07, 6.45) is 4.50. The molecule has 58 heavy (non-hydrogen) atoms. The fourth-order valence-electron chi connectivity index (χ4n) is 7.92. The van der Waals surface area contributed by atoms with E-state index in [2.05, 4.69) is 50.8 Å². The highest BCUT2D eigenvalue weighted by Gasteiger charge is 2.31. The number of aromatic nitrogens is 4. The lowest BCUT2D eigenvalue weighted by Crippen LogP contribution is -2.49. The Balaban J connectivity index is 1.09. The molecular weight excluding hydrogens is 735 g/mol. The zero-order valence-electron chi connectivity index (χ0n) is 33.5. The topological polar surface area (TPSA) is 133 Å². The highest BCUT2D eigenvalue weighted by atomic mass is 16.5. The molecule has 0 unspecified atom stereocenters. The predicted octanol–water partition coefficient (Wildman–Crippen LogP) is 4.75. The Hall–Kier alpha value is -5.83. The van der Waals surface area contributed by atoms with Crippen LogP contribution in [0.3, 0.4) is 0 Å². The summed E-state index contributed by atoms with van der Waals surface area (Å²) in [5, 5.41) is 9.32. The number of methoxy groups -OCH3 is 2. The molecule has 0 atom stereocenters. The molecule has 0 bridgehead atoms. The largest absolute Gasteiger partial charge is 0.497 e. The molecule has 2 aromatic heterocycles. The lowest BCUT2D eigenvalue weighted by molar-refractivity contribution is 0.0615. The predicted molar refractivity (Wildman–Crippen MR) is 223 cm³/mol. The maximum absolute atomic E-state index is 13.5. The molecule has 0 radical (unpaired) electrons. The van der Waals surface area contributed by atoms with Gasteiger partial charge in [-0.05, 0) is 72.5 Å². The molecule has 0 spiro atoms. The van der Waals surface area contributed by atoms with Gasteiger partial charge in [-0.1, -0.05) is 24.3 Å². The molecule has 14 nitrogen and oxygen atoms in total. The van der Waals surface area contributed by atoms with Gasteiger partial charge in [0, 0.05) is 100 Å². The number of aryl methyl sites for hydroxylation is 1. The van der Waals surface area contributed by atoms with Gasteiger partial charge >= 0.3 is 0 Å². The molecule has 1 amide bonds. The van der Waals surface area contributed by atoms with Gasteiger partial charge in [-0.25, -0.2) is 15.0 Å². The summed E-state index contributed by atoms with van der Waals surface area (Å²) >= 11 is 0. The van der Waals surface area contributed by atoms with E-state index in [0.717, 1.165) is 82.6 Å². The van der Waals surface area contributed by atoms with Crippen LogP contribution in [0.15, 0.2) is 79.1 Å². The number of rotatable bonds is 13. The van der Waals surface area contributed by atoms with Gasteiger partial charge in [0.2, 0.25) is 11.9 Å². The third kappa shape index (κ3) is 8.54. The first-order chi connectivity index (χ1) is 28.4. The van der Waals surface area contributed by atoms with Crippen molar-refractivity contribution in [1.82, 2.24) is 29.7 Å². The molecule has 8 rings (SSSR count). The van der Waals surface area contributed by atoms with Crippen LogP contribution in [0.1, 0.15) is 32.6 Å². The van der Waals surface area contributed by atoms with E-state index in [9.17, 15) is 9.90 Å². The molecule has 2 fully saturated rings. The van der Waals surface area contributed by atoms with E-state index in [0.29, 0.717) is 76.5 Å². The number of fused-ring (bicyclic) bond motifs is 1. The van der Waals surface area contributed by atoms with Gasteiger partial charge in [0.25, 0.3) is 5.91 Å². The third-order valence-electron chi connectivity index (χ3n) is 11.2. The SMILES string of the molecule is COc1ccc(CN(Cc2ccc(OC)cc2)c2ncc(-c3nc(N4CCOCC4)nc4c3CCN4c3ccc(C(=O)N4CCN(CCO)CC4)cc3C)cn2)cc1. The fraction of sp³-hybridized carbons (Fsp3) is 0.386. The van der Waals surface area contributed by atoms with Crippen molar-refractivity contribution in [3.63, 3.8) is 0 Å². The lowest BCUT2D eigenvalue weighted by Gasteiger charge is -2.34. The van der Waals surface area contributed by atoms with Crippen LogP contribution in [0.2, 0.25) is 0 Å². The van der Waals surface area contributed by atoms with E-state index in [4.69, 9.17) is 34.1 Å². The van der Waals surface area contributed by atoms with Crippen LogP contribution in [-0.4, -0.2) is 127 Å². The van der Waals surface area contributed by atoms with Crippen molar-refractivity contribution in [1.29, 1.82) is 0 Å². The first-order valence-electron chi connectivity index (χ1n) is 20.0. The molecule has 14 heteroatoms. The highest BCUT2D eigenvalue weighted by molar-refractivity contribution is 5.95. The van der Waals surface area contributed by atoms with Gasteiger partial charge in [-0.2, -0.15) is 4.98 Å². The molecule has 3 aliphatic rings. The number of hydrogen-bond acceptors (Lipinski definition) is 13. The normalized spacial score (nSPS) is 15.7. The van der Waals surface area contributed by atoms with Gasteiger partial charge in [-0.3, -0.25) is 9.69 Å². The zero-order valence-corrected chi connectivity index (χ0v) is 33.5. The van der Waals surface area contributed by atoms with Crippen LogP contribution in [0, 0.1) is 6.92 Å². The number of morpholine rings is 1. The summed E-state index contributed by atoms with van der Waals surface area (Å²) in [7, 11) is 3.34. The standard InChI is InChI=1S/C44H51N9O5/c1-31-26-34(42(55)50-18-16-49(17-19-50)20-23-54)8-13-39(31)53-15-14-38-40(47-44(48-41(38)53)51-21-24-58-25-22-51)35-27-45-43(46-28-35)52(29-32-4-9-36(56-2)10-5-32)30-33-6-11-37(57-3)12-7-33/h4-13,26-28,54H,14-25,29-30H2,1-3H3. The number of benzene rings is 3. The number of piperazine rings is 1. The molecular formula is C44H51N9O5. The van der Waals surface area contributed by atoms with Crippen molar-refractivity contribution >= 4 is 29.3 Å². The summed E-state index contributed by atoms with van der Waals surface area (Å²) in [5.74, 6) is 3.77. The van der Waals surface area contributed by atoms with Gasteiger partial charge in [0.05, 0.1) is 39.7 Å². The minimum Gasteiger partial charge on any atom is -0.497 e. The summed E-state index contributed by atoms with van der Waals surface area (Å²) in [4.78, 5) is 44.5. The number of β-amino-alcohol motifs (C(OH)–C–C–N with tert-alkyl or cyclic N) is 1. The summed E-state index contributed by atoms with van der Waals surface area (Å²) in [6.45, 7) is 10.2. The van der Waals surface area contributed by atoms with Crippen molar-refractivity contribution in [3.8, 4) is 22.8 Å². The molecule has 5 aromatic rings. The number of aliphatic hydroxyl groups excluding tert-OH is 1. The fourth-order valence-corrected chi connectivity index (χ4v) is 7.92. The number of carbonyl (C=O) groups excluding carboxylic acids is 1. The Bertz CT molecular complexity index is 2120. The van der Waals surface area contributed by atoms with Crippen molar-refractivity contribution in [2.75, 3.05) is 101 Å². The Morgan fingerprint density at radius 2 is 1.45 bits per heavy atom. The molecule has 2 saturated heterocycles. The minimum atomic E-state index is 0.0364. The summed E-state index contributed by atoms with van der Waals surface area (Å²) < 4.78 is 16.5. The number of nitrogens with zero attached hydrogens (tertiary/aromatic N) is 9. The first kappa shape index (κ1) is 39.0. The molecule has 5 heterocycles. The Morgan fingerprint density at radius 3 is 2.03 bits per heavy atom. The zero-order chi connectivity index (χ0) is 40.0. The van der Waals surface area contributed by atoms with Crippen LogP contribution >= 0.6 is 0 Å². The Morgan fingerprint density at radius 1 is 0.810 bits per heavy atom. The first-order valence-corrected chi connectivity index (χ1v) is 20.0. The van der Waals surface area contributed by atoms with Crippen molar-refractivity contribution in [2.45, 2.75) is 26.4 Å². The molecule has 1 N–H and O–H groups in total. The quantitative estimate of drug-likeness (QED) is 0.176. The summed E-state index contributed by atoms with van der Waals surface area (Å²) in [6, 6.07) is 22.1. The number of hydrogen-bond donors (Lipinski definition) is 1. The molecule has 302 valence electrons. The Kier molecular flexibility index (Phi) is 11.9. The molecule has 3 aromatic carbocycles. The van der Waals surface area contributed by atoms with Crippen molar-refractivity contribution in [2.24, 2.45) is 0 Å². The molecule has 0 saturated carbocycles. The second-order valence-corrected chi connectivity index (χ2v) is 14.9. The average Bonchev–Trinajstić information content (AvgIpc) is 3.70. The minimum absolute atomic E-state index is 0.0364. The van der Waals surface area contributed by atoms with Crippen LogP contribution in [0.5, 0.6) is 11.5 Å². The monoisotopic (exact) mass is 785 g/mol. The Labute approximate surface area is 339 Å². The van der Waals surface area contributed by atoms with Crippen molar-refractivity contribution < 1.29 is 24.1 Å². The number of aliphatic hydroxyl groups is 1. The third-order valence-corrected chi connectivity index (χ3v) is 11.2. The number of anilines is 4.